The molecule has 0 spiro atoms. The van der Waals surface area contributed by atoms with Gasteiger partial charge in [0.2, 0.25) is 0 Å². The van der Waals surface area contributed by atoms with Crippen LogP contribution in [0.15, 0.2) is 0 Å². The Morgan fingerprint density at radius 3 is 2.21 bits per heavy atom. The largest absolute Gasteiger partial charge is 0.550 e. The third-order valence-corrected chi connectivity index (χ3v) is 1.49. The number of carbonyl (C=O) groups is 2. The summed E-state index contributed by atoms with van der Waals surface area (Å²) in [6.07, 6.45) is -1.08. The van der Waals surface area contributed by atoms with Gasteiger partial charge in [0, 0.05) is 24.0 Å². The molecule has 0 amide bonds. The van der Waals surface area contributed by atoms with E-state index in [1.165, 1.54) is 0 Å². The second-order valence-electron chi connectivity index (χ2n) is 4.03. The Balaban J connectivity index is 4.24. The zero-order chi connectivity index (χ0) is 11.4. The van der Waals surface area contributed by atoms with E-state index in [9.17, 15) is 14.7 Å². The first-order valence-corrected chi connectivity index (χ1v) is 4.45. The van der Waals surface area contributed by atoms with Crippen LogP contribution in [0, 0.1) is 0 Å². The molecule has 14 heavy (non-hydrogen) atoms. The number of quaternary nitrogens is 1. The van der Waals surface area contributed by atoms with Gasteiger partial charge in [-0.2, -0.15) is 0 Å². The van der Waals surface area contributed by atoms with Crippen LogP contribution in [-0.2, 0) is 9.53 Å². The maximum Gasteiger partial charge on any atom is 0.404 e. The lowest BCUT2D eigenvalue weighted by atomic mass is 10.2. The van der Waals surface area contributed by atoms with Gasteiger partial charge in [-0.15, -0.1) is 0 Å². The number of likely N-dealkylation sites (N-methyl/N-ethyl adjacent to an activating group) is 1. The van der Waals surface area contributed by atoms with Crippen molar-refractivity contribution in [3.05, 3.63) is 0 Å². The van der Waals surface area contributed by atoms with Crippen LogP contribution in [0.3, 0.4) is 0 Å². The van der Waals surface area contributed by atoms with Crippen LogP contribution < -0.4 is 5.11 Å². The van der Waals surface area contributed by atoms with Gasteiger partial charge in [-0.1, -0.05) is 0 Å². The van der Waals surface area contributed by atoms with Crippen molar-refractivity contribution in [1.29, 1.82) is 0 Å². The first-order valence-electron chi connectivity index (χ1n) is 4.07. The summed E-state index contributed by atoms with van der Waals surface area (Å²) in [6.45, 7) is 0.368. The van der Waals surface area contributed by atoms with Gasteiger partial charge in [-0.25, -0.2) is 4.79 Å². The van der Waals surface area contributed by atoms with Gasteiger partial charge in [-0.3, -0.25) is 0 Å². The Morgan fingerprint density at radius 2 is 1.93 bits per heavy atom. The number of nitrogens with zero attached hydrogens (tertiary/aromatic N) is 1. The molecule has 6 heteroatoms. The van der Waals surface area contributed by atoms with Crippen molar-refractivity contribution in [3.8, 4) is 0 Å². The van der Waals surface area contributed by atoms with Gasteiger partial charge in [0.05, 0.1) is 21.1 Å². The monoisotopic (exact) mass is 223 g/mol. The van der Waals surface area contributed by atoms with Gasteiger partial charge >= 0.3 is 5.43 Å². The van der Waals surface area contributed by atoms with Crippen molar-refractivity contribution in [2.45, 2.75) is 12.5 Å². The molecule has 0 aromatic carbocycles. The summed E-state index contributed by atoms with van der Waals surface area (Å²) in [6, 6.07) is 0. The van der Waals surface area contributed by atoms with Gasteiger partial charge < -0.3 is 19.1 Å². The highest BCUT2D eigenvalue weighted by Gasteiger charge is 2.21. The van der Waals surface area contributed by atoms with E-state index in [1.54, 1.807) is 0 Å². The zero-order valence-electron chi connectivity index (χ0n) is 8.45. The minimum absolute atomic E-state index is 0.339. The van der Waals surface area contributed by atoms with E-state index < -0.39 is 17.5 Å². The van der Waals surface area contributed by atoms with Crippen LogP contribution in [-0.4, -0.2) is 49.7 Å². The molecule has 5 nitrogen and oxygen atoms in total. The number of carboxylic acid groups (broad SMARTS) is 1. The molecule has 0 rings (SSSR count). The lowest BCUT2D eigenvalue weighted by Gasteiger charge is -2.28. The van der Waals surface area contributed by atoms with Crippen LogP contribution >= 0.6 is 11.6 Å². The maximum absolute atomic E-state index is 10.4. The number of halogens is 1. The molecule has 0 N–H and O–H groups in total. The van der Waals surface area contributed by atoms with Crippen LogP contribution in [0.2, 0.25) is 0 Å². The second kappa shape index (κ2) is 5.17. The van der Waals surface area contributed by atoms with Crippen molar-refractivity contribution in [2.75, 3.05) is 27.7 Å². The first-order chi connectivity index (χ1) is 6.20. The topological polar surface area (TPSA) is 66.4 Å². The van der Waals surface area contributed by atoms with Gasteiger partial charge in [0.15, 0.2) is 6.10 Å². The number of hydrogen-bond acceptors (Lipinski definition) is 4. The standard InChI is InChI=1S/C8H14ClNO4/c1-10(2,3)5-6(4-7(11)12)14-8(9)13/h6H,4-5H2,1-3H3/t6-/m1/s1. The first kappa shape index (κ1) is 13.2. The molecule has 0 fully saturated rings. The third kappa shape index (κ3) is 7.82. The predicted octanol–water partition coefficient (Wildman–Crippen LogP) is -0.423. The van der Waals surface area contributed by atoms with E-state index in [-0.39, 0.29) is 6.42 Å². The summed E-state index contributed by atoms with van der Waals surface area (Å²) in [4.78, 5) is 20.8. The fourth-order valence-electron chi connectivity index (χ4n) is 1.07. The number of aliphatic carboxylic acids is 1. The average Bonchev–Trinajstić information content (AvgIpc) is 1.77. The highest BCUT2D eigenvalue weighted by molar-refractivity contribution is 6.61. The fraction of sp³-hybridized carbons (Fsp3) is 0.750. The quantitative estimate of drug-likeness (QED) is 0.469. The Bertz CT molecular complexity index is 208. The van der Waals surface area contributed by atoms with Crippen LogP contribution in [0.25, 0.3) is 0 Å². The number of hydrogen-bond donors (Lipinski definition) is 0. The summed E-state index contributed by atoms with van der Waals surface area (Å²) in [5.41, 5.74) is -0.996. The van der Waals surface area contributed by atoms with Gasteiger partial charge in [-0.05, 0) is 0 Å². The second-order valence-corrected chi connectivity index (χ2v) is 4.34. The number of carboxylic acids is 1. The SMILES string of the molecule is C[N+](C)(C)C[C@@H](CC(=O)[O-])OC(=O)Cl. The molecule has 0 aliphatic carbocycles. The highest BCUT2D eigenvalue weighted by Crippen LogP contribution is 2.06. The molecule has 0 aliphatic heterocycles. The Hall–Kier alpha value is -0.810. The molecule has 0 aromatic rings. The zero-order valence-corrected chi connectivity index (χ0v) is 9.21. The molecule has 0 saturated heterocycles. The molecule has 0 unspecified atom stereocenters. The van der Waals surface area contributed by atoms with Crippen molar-refractivity contribution in [3.63, 3.8) is 0 Å². The molecule has 0 bridgehead atoms. The summed E-state index contributed by atoms with van der Waals surface area (Å²) in [5, 5.41) is 10.3. The van der Waals surface area contributed by atoms with E-state index in [1.807, 2.05) is 21.1 Å². The summed E-state index contributed by atoms with van der Waals surface area (Å²) >= 11 is 5.00. The minimum Gasteiger partial charge on any atom is -0.550 e. The highest BCUT2D eigenvalue weighted by atomic mass is 35.5. The number of carbonyl (C=O) groups excluding carboxylic acids is 2. The van der Waals surface area contributed by atoms with Crippen molar-refractivity contribution < 1.29 is 23.9 Å². The van der Waals surface area contributed by atoms with Crippen LogP contribution in [0.5, 0.6) is 0 Å². The molecule has 0 heterocycles. The van der Waals surface area contributed by atoms with Crippen molar-refractivity contribution >= 4 is 23.0 Å². The maximum atomic E-state index is 10.4. The van der Waals surface area contributed by atoms with Crippen LogP contribution in [0.1, 0.15) is 6.42 Å². The number of ether oxygens (including phenoxy) is 1. The molecular weight excluding hydrogens is 210 g/mol. The Kier molecular flexibility index (Phi) is 4.87. The fourth-order valence-corrected chi connectivity index (χ4v) is 1.20. The molecule has 0 aliphatic rings. The van der Waals surface area contributed by atoms with Crippen molar-refractivity contribution in [2.24, 2.45) is 0 Å². The van der Waals surface area contributed by atoms with Gasteiger partial charge in [0.25, 0.3) is 0 Å². The van der Waals surface area contributed by atoms with E-state index in [2.05, 4.69) is 4.74 Å². The predicted molar refractivity (Wildman–Crippen MR) is 48.6 cm³/mol. The molecule has 0 aromatic heterocycles. The summed E-state index contributed by atoms with van der Waals surface area (Å²) in [5.74, 6) is -1.26. The molecule has 82 valence electrons. The molecule has 0 radical (unpaired) electrons. The Morgan fingerprint density at radius 1 is 1.43 bits per heavy atom. The van der Waals surface area contributed by atoms with Crippen molar-refractivity contribution in [1.82, 2.24) is 0 Å². The van der Waals surface area contributed by atoms with E-state index >= 15 is 0 Å². The average molecular weight is 224 g/mol. The lowest BCUT2D eigenvalue weighted by Crippen LogP contribution is -2.44. The molecule has 0 saturated carbocycles. The van der Waals surface area contributed by atoms with Gasteiger partial charge in [0.1, 0.15) is 6.54 Å². The van der Waals surface area contributed by atoms with E-state index in [0.717, 1.165) is 0 Å². The number of rotatable bonds is 5. The van der Waals surface area contributed by atoms with E-state index in [0.29, 0.717) is 11.0 Å². The summed E-state index contributed by atoms with van der Waals surface area (Å²) in [7, 11) is 5.55. The Labute approximate surface area is 87.8 Å². The van der Waals surface area contributed by atoms with E-state index in [4.69, 9.17) is 11.6 Å². The normalized spacial score (nSPS) is 13.4. The third-order valence-electron chi connectivity index (χ3n) is 1.41. The lowest BCUT2D eigenvalue weighted by molar-refractivity contribution is -0.873. The smallest absolute Gasteiger partial charge is 0.404 e. The minimum atomic E-state index is -1.26. The summed E-state index contributed by atoms with van der Waals surface area (Å²) < 4.78 is 5.10. The van der Waals surface area contributed by atoms with Crippen LogP contribution in [0.4, 0.5) is 4.79 Å². The molecule has 1 atom stereocenters. The molecular formula is C8H14ClNO4.